The number of rotatable bonds is 1. The van der Waals surface area contributed by atoms with E-state index >= 15 is 0 Å². The lowest BCUT2D eigenvalue weighted by molar-refractivity contribution is 0.228. The van der Waals surface area contributed by atoms with Gasteiger partial charge in [0.2, 0.25) is 0 Å². The largest absolute Gasteiger partial charge is 0.482 e. The first-order chi connectivity index (χ1) is 15.4. The zero-order valence-corrected chi connectivity index (χ0v) is 18.1. The molecule has 1 atom stereocenters. The summed E-state index contributed by atoms with van der Waals surface area (Å²) >= 11 is 0. The molecule has 2 bridgehead atoms. The van der Waals surface area contributed by atoms with Crippen LogP contribution in [0.2, 0.25) is 0 Å². The van der Waals surface area contributed by atoms with E-state index in [-0.39, 0.29) is 6.10 Å². The molecule has 162 valence electrons. The first-order valence-electron chi connectivity index (χ1n) is 10.5. The molecule has 0 amide bonds. The highest BCUT2D eigenvalue weighted by molar-refractivity contribution is 5.71. The molecule has 1 aliphatic heterocycles. The number of ether oxygens (including phenoxy) is 1. The summed E-state index contributed by atoms with van der Waals surface area (Å²) in [7, 11) is 0. The zero-order valence-electron chi connectivity index (χ0n) is 18.1. The quantitative estimate of drug-likeness (QED) is 0.478. The number of halogens is 1. The Morgan fingerprint density at radius 3 is 2.84 bits per heavy atom. The van der Waals surface area contributed by atoms with Crippen molar-refractivity contribution >= 4 is 5.82 Å². The first kappa shape index (κ1) is 20.1. The topological polar surface area (TPSA) is 91.7 Å². The Hall–Kier alpha value is -3.81. The van der Waals surface area contributed by atoms with Gasteiger partial charge in [0, 0.05) is 35.9 Å². The van der Waals surface area contributed by atoms with Gasteiger partial charge in [-0.2, -0.15) is 0 Å². The smallest absolute Gasteiger partial charge is 0.166 e. The van der Waals surface area contributed by atoms with Gasteiger partial charge in [0.25, 0.3) is 0 Å². The minimum atomic E-state index is -0.394. The van der Waals surface area contributed by atoms with Gasteiger partial charge in [0.15, 0.2) is 11.6 Å². The summed E-state index contributed by atoms with van der Waals surface area (Å²) < 4.78 is 22.4. The van der Waals surface area contributed by atoms with Gasteiger partial charge in [-0.1, -0.05) is 29.0 Å². The Morgan fingerprint density at radius 1 is 1.19 bits per heavy atom. The maximum absolute atomic E-state index is 14.3. The number of nitrogens with zero attached hydrogens (tertiary/aromatic N) is 5. The lowest BCUT2D eigenvalue weighted by atomic mass is 9.93. The molecule has 1 aromatic carbocycles. The second kappa shape index (κ2) is 7.71. The number of hydrogen-bond acceptors (Lipinski definition) is 6. The number of fused-ring (bicyclic) bond motifs is 7. The first-order valence-corrected chi connectivity index (χ1v) is 10.5. The molecule has 0 saturated carbocycles. The van der Waals surface area contributed by atoms with E-state index in [1.807, 2.05) is 39.0 Å². The van der Waals surface area contributed by atoms with E-state index in [1.54, 1.807) is 10.9 Å². The molecule has 7 nitrogen and oxygen atoms in total. The van der Waals surface area contributed by atoms with Gasteiger partial charge in [0.1, 0.15) is 11.9 Å². The molecule has 8 heteroatoms. The number of nitrogens with two attached hydrogens (primary N) is 1. The van der Waals surface area contributed by atoms with Gasteiger partial charge in [-0.3, -0.25) is 4.98 Å². The van der Waals surface area contributed by atoms with E-state index < -0.39 is 5.82 Å². The Balaban J connectivity index is 1.83. The monoisotopic (exact) mass is 430 g/mol. The molecular weight excluding hydrogens is 407 g/mol. The van der Waals surface area contributed by atoms with E-state index in [0.29, 0.717) is 35.9 Å². The number of anilines is 1. The van der Waals surface area contributed by atoms with Crippen LogP contribution in [-0.2, 0) is 13.0 Å². The minimum Gasteiger partial charge on any atom is -0.482 e. The molecular formula is C24H23FN6O. The number of pyridine rings is 2. The lowest BCUT2D eigenvalue weighted by Gasteiger charge is -2.22. The molecule has 4 aromatic rings. The molecule has 0 saturated heterocycles. The maximum Gasteiger partial charge on any atom is 0.166 e. The van der Waals surface area contributed by atoms with Crippen LogP contribution in [0.25, 0.3) is 22.5 Å². The fraction of sp³-hybridized carbons (Fsp3) is 0.250. The molecule has 0 fully saturated rings. The summed E-state index contributed by atoms with van der Waals surface area (Å²) in [6.07, 6.45) is 2.97. The van der Waals surface area contributed by atoms with E-state index in [0.717, 1.165) is 33.5 Å². The van der Waals surface area contributed by atoms with Crippen molar-refractivity contribution in [2.75, 3.05) is 5.73 Å². The summed E-state index contributed by atoms with van der Waals surface area (Å²) in [4.78, 5) is 8.84. The predicted molar refractivity (Wildman–Crippen MR) is 120 cm³/mol. The van der Waals surface area contributed by atoms with E-state index in [9.17, 15) is 4.39 Å². The van der Waals surface area contributed by atoms with Crippen molar-refractivity contribution in [1.29, 1.82) is 0 Å². The summed E-state index contributed by atoms with van der Waals surface area (Å²) in [5.74, 6) is 0.407. The van der Waals surface area contributed by atoms with Crippen LogP contribution >= 0.6 is 0 Å². The van der Waals surface area contributed by atoms with Crippen LogP contribution in [0.5, 0.6) is 5.75 Å². The maximum atomic E-state index is 14.3. The third kappa shape index (κ3) is 3.37. The Kier molecular flexibility index (Phi) is 4.84. The van der Waals surface area contributed by atoms with Crippen LogP contribution in [0.4, 0.5) is 10.2 Å². The van der Waals surface area contributed by atoms with Crippen LogP contribution in [0, 0.1) is 12.7 Å². The van der Waals surface area contributed by atoms with Gasteiger partial charge in [-0.05, 0) is 38.5 Å². The van der Waals surface area contributed by atoms with Gasteiger partial charge < -0.3 is 10.5 Å². The lowest BCUT2D eigenvalue weighted by Crippen LogP contribution is -2.10. The molecule has 1 aliphatic rings. The second-order valence-corrected chi connectivity index (χ2v) is 8.00. The molecule has 5 rings (SSSR count). The van der Waals surface area contributed by atoms with Gasteiger partial charge in [-0.15, -0.1) is 5.10 Å². The Labute approximate surface area is 185 Å². The standard InChI is InChI=1S/C24H23FN6O/c1-4-31-23-16-10-21(24(26)28-11-16)32-14(3)19-7-13(2)5-6-18(19)22-15(8-17(25)12-27-22)9-20(23)29-30-31/h5-8,10-12,14H,4,9H2,1-3H3,(H2,26,28). The summed E-state index contributed by atoms with van der Waals surface area (Å²) in [6.45, 7) is 6.59. The Bertz CT molecular complexity index is 1330. The number of aryl methyl sites for hydroxylation is 2. The van der Waals surface area contributed by atoms with Gasteiger partial charge >= 0.3 is 0 Å². The van der Waals surface area contributed by atoms with Crippen molar-refractivity contribution in [1.82, 2.24) is 25.0 Å². The molecule has 0 aliphatic carbocycles. The van der Waals surface area contributed by atoms with Crippen LogP contribution in [0.3, 0.4) is 0 Å². The molecule has 4 heterocycles. The highest BCUT2D eigenvalue weighted by Crippen LogP contribution is 2.38. The zero-order chi connectivity index (χ0) is 22.4. The fourth-order valence-corrected chi connectivity index (χ4v) is 4.21. The molecule has 3 aromatic heterocycles. The van der Waals surface area contributed by atoms with Crippen molar-refractivity contribution in [3.63, 3.8) is 0 Å². The van der Waals surface area contributed by atoms with Crippen LogP contribution in [0.15, 0.2) is 42.7 Å². The van der Waals surface area contributed by atoms with E-state index in [4.69, 9.17) is 10.5 Å². The normalized spacial score (nSPS) is 14.9. The van der Waals surface area contributed by atoms with E-state index in [1.165, 1.54) is 12.3 Å². The molecule has 0 spiro atoms. The third-order valence-electron chi connectivity index (χ3n) is 5.75. The number of nitrogen functional groups attached to an aromatic ring is 1. The number of aromatic nitrogens is 5. The predicted octanol–water partition coefficient (Wildman–Crippen LogP) is 4.50. The van der Waals surface area contributed by atoms with E-state index in [2.05, 4.69) is 26.3 Å². The number of hydrogen-bond donors (Lipinski definition) is 1. The average Bonchev–Trinajstić information content (AvgIpc) is 3.17. The molecule has 1 unspecified atom stereocenters. The van der Waals surface area contributed by atoms with Crippen LogP contribution in [0.1, 0.15) is 42.3 Å². The van der Waals surface area contributed by atoms with Crippen LogP contribution < -0.4 is 10.5 Å². The summed E-state index contributed by atoms with van der Waals surface area (Å²) in [5, 5.41) is 8.71. The van der Waals surface area contributed by atoms with Gasteiger partial charge in [-0.25, -0.2) is 14.1 Å². The van der Waals surface area contributed by atoms with Crippen molar-refractivity contribution in [2.45, 2.75) is 39.8 Å². The van der Waals surface area contributed by atoms with Crippen molar-refractivity contribution in [3.05, 3.63) is 70.9 Å². The average molecular weight is 430 g/mol. The number of benzene rings is 1. The SMILES string of the molecule is CCn1nnc2c1-c1cnc(N)c(c1)OC(C)c1cc(C)ccc1-c1ncc(F)cc1C2. The summed E-state index contributed by atoms with van der Waals surface area (Å²) in [6, 6.07) is 9.47. The van der Waals surface area contributed by atoms with Crippen molar-refractivity contribution < 1.29 is 9.13 Å². The van der Waals surface area contributed by atoms with Gasteiger partial charge in [0.05, 0.1) is 23.3 Å². The molecule has 32 heavy (non-hydrogen) atoms. The van der Waals surface area contributed by atoms with Crippen LogP contribution in [-0.4, -0.2) is 25.0 Å². The summed E-state index contributed by atoms with van der Waals surface area (Å²) in [5.41, 5.74) is 12.8. The van der Waals surface area contributed by atoms with Crippen molar-refractivity contribution in [2.24, 2.45) is 0 Å². The second-order valence-electron chi connectivity index (χ2n) is 8.00. The third-order valence-corrected chi connectivity index (χ3v) is 5.75. The minimum absolute atomic E-state index is 0.310. The van der Waals surface area contributed by atoms with Crippen molar-refractivity contribution in [3.8, 4) is 28.3 Å². The molecule has 0 radical (unpaired) electrons. The highest BCUT2D eigenvalue weighted by atomic mass is 19.1. The fourth-order valence-electron chi connectivity index (χ4n) is 4.21. The Morgan fingerprint density at radius 2 is 2.03 bits per heavy atom. The highest BCUT2D eigenvalue weighted by Gasteiger charge is 2.24. The molecule has 2 N–H and O–H groups in total.